The van der Waals surface area contributed by atoms with E-state index in [1.54, 1.807) is 31.5 Å². The summed E-state index contributed by atoms with van der Waals surface area (Å²) in [6, 6.07) is 16.6. The lowest BCUT2D eigenvalue weighted by atomic mass is 10.2. The van der Waals surface area contributed by atoms with Crippen LogP contribution in [0.25, 0.3) is 22.0 Å². The van der Waals surface area contributed by atoms with Gasteiger partial charge in [0.25, 0.3) is 0 Å². The van der Waals surface area contributed by atoms with Gasteiger partial charge in [-0.05, 0) is 53.7 Å². The molecule has 7 nitrogen and oxygen atoms in total. The smallest absolute Gasteiger partial charge is 0.230 e. The van der Waals surface area contributed by atoms with Crippen molar-refractivity contribution in [3.05, 3.63) is 70.8 Å². The number of hydrogen-bond donors (Lipinski definition) is 1. The van der Waals surface area contributed by atoms with Crippen molar-refractivity contribution in [2.75, 3.05) is 19.1 Å². The molecule has 10 heteroatoms. The predicted molar refractivity (Wildman–Crippen MR) is 147 cm³/mol. The summed E-state index contributed by atoms with van der Waals surface area (Å²) in [6.07, 6.45) is 1.59. The van der Waals surface area contributed by atoms with E-state index in [9.17, 15) is 4.79 Å². The molecule has 0 saturated heterocycles. The van der Waals surface area contributed by atoms with Gasteiger partial charge in [-0.3, -0.25) is 14.7 Å². The molecule has 1 aromatic heterocycles. The highest BCUT2D eigenvalue weighted by molar-refractivity contribution is 7.80. The Morgan fingerprint density at radius 2 is 1.56 bits per heavy atom. The van der Waals surface area contributed by atoms with Crippen molar-refractivity contribution < 1.29 is 19.0 Å². The number of rotatable bonds is 5. The third-order valence-electron chi connectivity index (χ3n) is 5.31. The molecular formula is C26H21Cl2N3O4S. The number of benzene rings is 3. The largest absolute Gasteiger partial charge is 0.493 e. The maximum Gasteiger partial charge on any atom is 0.230 e. The fourth-order valence-electron chi connectivity index (χ4n) is 3.56. The number of fused-ring (bicyclic) bond motifs is 2. The van der Waals surface area contributed by atoms with Crippen LogP contribution in [0.15, 0.2) is 60.8 Å². The van der Waals surface area contributed by atoms with Crippen LogP contribution in [0.1, 0.15) is 6.92 Å². The van der Waals surface area contributed by atoms with Crippen molar-refractivity contribution in [2.24, 2.45) is 5.73 Å². The summed E-state index contributed by atoms with van der Waals surface area (Å²) in [5.74, 6) is 1.34. The monoisotopic (exact) mass is 541 g/mol. The number of pyridine rings is 1. The van der Waals surface area contributed by atoms with E-state index >= 15 is 0 Å². The van der Waals surface area contributed by atoms with Crippen LogP contribution >= 0.6 is 35.4 Å². The van der Waals surface area contributed by atoms with Gasteiger partial charge in [-0.1, -0.05) is 41.4 Å². The van der Waals surface area contributed by atoms with Gasteiger partial charge in [-0.25, -0.2) is 0 Å². The first-order chi connectivity index (χ1) is 17.2. The molecule has 2 aliphatic carbocycles. The molecule has 1 heterocycles. The Labute approximate surface area is 223 Å². The maximum atomic E-state index is 11.9. The van der Waals surface area contributed by atoms with Crippen LogP contribution in [0.2, 0.25) is 10.0 Å². The van der Waals surface area contributed by atoms with Gasteiger partial charge in [0.2, 0.25) is 5.91 Å². The van der Waals surface area contributed by atoms with Crippen molar-refractivity contribution in [1.29, 1.82) is 0 Å². The number of carbonyl (C=O) groups is 1. The van der Waals surface area contributed by atoms with Gasteiger partial charge in [0.1, 0.15) is 5.75 Å². The molecule has 5 rings (SSSR count). The summed E-state index contributed by atoms with van der Waals surface area (Å²) >= 11 is 17.7. The predicted octanol–water partition coefficient (Wildman–Crippen LogP) is 6.61. The van der Waals surface area contributed by atoms with Crippen LogP contribution < -0.4 is 24.8 Å². The minimum Gasteiger partial charge on any atom is -0.493 e. The first-order valence-electron chi connectivity index (χ1n) is 10.6. The number of hydrogen-bond acceptors (Lipinski definition) is 6. The lowest BCUT2D eigenvalue weighted by Gasteiger charge is -2.21. The van der Waals surface area contributed by atoms with Crippen LogP contribution in [0.4, 0.5) is 5.69 Å². The lowest BCUT2D eigenvalue weighted by molar-refractivity contribution is -0.115. The molecule has 0 radical (unpaired) electrons. The Balaban J connectivity index is 0.000000434. The molecule has 0 aliphatic heterocycles. The second-order valence-electron chi connectivity index (χ2n) is 7.65. The highest BCUT2D eigenvalue weighted by Gasteiger charge is 2.20. The number of halogens is 2. The lowest BCUT2D eigenvalue weighted by Crippen LogP contribution is -2.39. The van der Waals surface area contributed by atoms with Gasteiger partial charge >= 0.3 is 0 Å². The molecule has 36 heavy (non-hydrogen) atoms. The van der Waals surface area contributed by atoms with Crippen LogP contribution in [0.5, 0.6) is 23.0 Å². The van der Waals surface area contributed by atoms with E-state index in [1.165, 1.54) is 37.3 Å². The third kappa shape index (κ3) is 5.31. The highest BCUT2D eigenvalue weighted by Crippen LogP contribution is 2.42. The van der Waals surface area contributed by atoms with E-state index < -0.39 is 0 Å². The zero-order valence-electron chi connectivity index (χ0n) is 19.5. The molecule has 3 aromatic rings. The highest BCUT2D eigenvalue weighted by atomic mass is 35.5. The quantitative estimate of drug-likeness (QED) is 0.250. The van der Waals surface area contributed by atoms with Crippen LogP contribution in [-0.4, -0.2) is 30.2 Å². The Bertz CT molecular complexity index is 1440. The minimum absolute atomic E-state index is 0.121. The van der Waals surface area contributed by atoms with Gasteiger partial charge in [-0.15, -0.1) is 0 Å². The average molecular weight is 542 g/mol. The standard InChI is InChI=1S/C20H17Cl2N3O4S.C6H4/c1-10(26)25(20(23)30)11-6-13(21)19(14(22)7-11)29-16-4-5-24-15-9-18(28-3)17(27-2)8-12(15)16;1-2-5-4-6(5)3-1/h4-9H,1-3H3,(H2,23,30);1-4H. The molecule has 1 amide bonds. The Morgan fingerprint density at radius 3 is 2.03 bits per heavy atom. The van der Waals surface area contributed by atoms with Crippen LogP contribution in [0.3, 0.4) is 0 Å². The van der Waals surface area contributed by atoms with Crippen molar-refractivity contribution in [3.63, 3.8) is 0 Å². The molecule has 0 fully saturated rings. The summed E-state index contributed by atoms with van der Waals surface area (Å²) < 4.78 is 16.7. The Kier molecular flexibility index (Phi) is 7.49. The molecule has 184 valence electrons. The summed E-state index contributed by atoms with van der Waals surface area (Å²) in [6.45, 7) is 1.33. The molecule has 0 spiro atoms. The minimum atomic E-state index is -0.371. The van der Waals surface area contributed by atoms with Gasteiger partial charge < -0.3 is 19.9 Å². The zero-order valence-corrected chi connectivity index (χ0v) is 21.9. The van der Waals surface area contributed by atoms with E-state index in [2.05, 4.69) is 29.2 Å². The number of anilines is 1. The number of nitrogens with zero attached hydrogens (tertiary/aromatic N) is 2. The fraction of sp³-hybridized carbons (Fsp3) is 0.115. The molecule has 2 aromatic carbocycles. The second kappa shape index (κ2) is 10.6. The molecule has 0 saturated carbocycles. The van der Waals surface area contributed by atoms with E-state index in [4.69, 9.17) is 55.4 Å². The summed E-state index contributed by atoms with van der Waals surface area (Å²) in [4.78, 5) is 17.3. The molecule has 2 aliphatic rings. The van der Waals surface area contributed by atoms with Crippen molar-refractivity contribution in [3.8, 4) is 34.1 Å². The SMILES string of the molecule is COc1cc2nccc(Oc3c(Cl)cc(N(C(C)=O)C(N)=S)cc3Cl)c2cc1OC.c1cc2cc-2c1. The normalized spacial score (nSPS) is 10.7. The fourth-order valence-corrected chi connectivity index (χ4v) is 4.35. The first kappa shape index (κ1) is 25.5. The van der Waals surface area contributed by atoms with Crippen molar-refractivity contribution >= 4 is 63.0 Å². The molecular weight excluding hydrogens is 521 g/mol. The van der Waals surface area contributed by atoms with Crippen molar-refractivity contribution in [1.82, 2.24) is 4.98 Å². The summed E-state index contributed by atoms with van der Waals surface area (Å²) in [5, 5.41) is 0.889. The van der Waals surface area contributed by atoms with Gasteiger partial charge in [0.15, 0.2) is 22.4 Å². The number of ether oxygens (including phenoxy) is 3. The van der Waals surface area contributed by atoms with Gasteiger partial charge in [0.05, 0.1) is 35.5 Å². The second-order valence-corrected chi connectivity index (χ2v) is 8.88. The summed E-state index contributed by atoms with van der Waals surface area (Å²) in [5.41, 5.74) is 9.45. The topological polar surface area (TPSA) is 86.9 Å². The van der Waals surface area contributed by atoms with Crippen molar-refractivity contribution in [2.45, 2.75) is 6.92 Å². The Morgan fingerprint density at radius 1 is 0.944 bits per heavy atom. The molecule has 0 atom stereocenters. The molecule has 0 bridgehead atoms. The third-order valence-corrected chi connectivity index (χ3v) is 6.05. The molecule has 0 unspecified atom stereocenters. The summed E-state index contributed by atoms with van der Waals surface area (Å²) in [7, 11) is 3.08. The van der Waals surface area contributed by atoms with E-state index in [0.29, 0.717) is 33.8 Å². The number of carbonyl (C=O) groups excluding carboxylic acids is 1. The van der Waals surface area contributed by atoms with Crippen LogP contribution in [-0.2, 0) is 4.79 Å². The number of aromatic nitrogens is 1. The number of amides is 1. The number of thiocarbonyl (C=S) groups is 1. The van der Waals surface area contributed by atoms with E-state index in [1.807, 2.05) is 0 Å². The number of nitrogens with two attached hydrogens (primary N) is 1. The molecule has 2 N–H and O–H groups in total. The van der Waals surface area contributed by atoms with E-state index in [-0.39, 0.29) is 26.8 Å². The average Bonchev–Trinajstić information content (AvgIpc) is 3.44. The number of methoxy groups -OCH3 is 2. The van der Waals surface area contributed by atoms with Gasteiger partial charge in [-0.2, -0.15) is 0 Å². The maximum absolute atomic E-state index is 11.9. The zero-order chi connectivity index (χ0) is 26.0. The van der Waals surface area contributed by atoms with Gasteiger partial charge in [0, 0.05) is 24.6 Å². The first-order valence-corrected chi connectivity index (χ1v) is 11.8. The van der Waals surface area contributed by atoms with Crippen LogP contribution in [0, 0.1) is 0 Å². The van der Waals surface area contributed by atoms with E-state index in [0.717, 1.165) is 4.90 Å². The Hall–Kier alpha value is -3.59.